The smallest absolute Gasteiger partial charge is 0.213 e. The van der Waals surface area contributed by atoms with E-state index in [2.05, 4.69) is 25.6 Å². The Balaban J connectivity index is 0.00000242. The summed E-state index contributed by atoms with van der Waals surface area (Å²) < 4.78 is 5.10. The molecule has 0 saturated carbocycles. The van der Waals surface area contributed by atoms with Gasteiger partial charge >= 0.3 is 0 Å². The fourth-order valence-corrected chi connectivity index (χ4v) is 2.45. The van der Waals surface area contributed by atoms with E-state index in [1.807, 2.05) is 25.3 Å². The molecule has 0 radical (unpaired) electrons. The van der Waals surface area contributed by atoms with Crippen LogP contribution < -0.4 is 15.4 Å². The minimum atomic E-state index is 0. The third-order valence-corrected chi connectivity index (χ3v) is 3.68. The lowest BCUT2D eigenvalue weighted by molar-refractivity contribution is 0.397. The molecule has 0 unspecified atom stereocenters. The van der Waals surface area contributed by atoms with Crippen molar-refractivity contribution < 1.29 is 4.74 Å². The highest BCUT2D eigenvalue weighted by molar-refractivity contribution is 14.0. The molecule has 22 heavy (non-hydrogen) atoms. The van der Waals surface area contributed by atoms with E-state index in [4.69, 9.17) is 4.74 Å². The molecule has 2 aromatic heterocycles. The van der Waals surface area contributed by atoms with E-state index in [-0.39, 0.29) is 24.0 Å². The SMILES string of the molecule is CN=C(NCc1ccnc(OC)c1)NCc1ncc(C)s1.I. The molecule has 120 valence electrons. The van der Waals surface area contributed by atoms with Crippen LogP contribution in [-0.4, -0.2) is 30.1 Å². The summed E-state index contributed by atoms with van der Waals surface area (Å²) in [7, 11) is 3.35. The number of guanidine groups is 1. The topological polar surface area (TPSA) is 71.4 Å². The van der Waals surface area contributed by atoms with Crippen LogP contribution in [0.25, 0.3) is 0 Å². The van der Waals surface area contributed by atoms with Crippen molar-refractivity contribution in [2.24, 2.45) is 4.99 Å². The van der Waals surface area contributed by atoms with Crippen LogP contribution in [0.1, 0.15) is 15.4 Å². The predicted octanol–water partition coefficient (Wildman–Crippen LogP) is 2.34. The summed E-state index contributed by atoms with van der Waals surface area (Å²) >= 11 is 1.68. The van der Waals surface area contributed by atoms with Crippen molar-refractivity contribution in [2.75, 3.05) is 14.2 Å². The third kappa shape index (κ3) is 5.76. The summed E-state index contributed by atoms with van der Waals surface area (Å²) in [5.41, 5.74) is 1.08. The standard InChI is InChI=1S/C14H19N5OS.HI/c1-10-7-17-13(21-10)9-19-14(15-2)18-8-11-4-5-16-12(6-11)20-3;/h4-7H,8-9H2,1-3H3,(H2,15,18,19);1H. The van der Waals surface area contributed by atoms with Crippen LogP contribution in [0, 0.1) is 6.92 Å². The maximum atomic E-state index is 5.10. The van der Waals surface area contributed by atoms with Gasteiger partial charge in [0, 0.05) is 36.9 Å². The molecular formula is C14H20IN5OS. The minimum Gasteiger partial charge on any atom is -0.481 e. The van der Waals surface area contributed by atoms with E-state index < -0.39 is 0 Å². The van der Waals surface area contributed by atoms with Gasteiger partial charge in [0.2, 0.25) is 5.88 Å². The molecule has 0 aromatic carbocycles. The number of aromatic nitrogens is 2. The quantitative estimate of drug-likeness (QED) is 0.431. The zero-order chi connectivity index (χ0) is 15.1. The molecule has 0 aliphatic rings. The van der Waals surface area contributed by atoms with E-state index in [0.29, 0.717) is 19.0 Å². The summed E-state index contributed by atoms with van der Waals surface area (Å²) in [6, 6.07) is 3.83. The summed E-state index contributed by atoms with van der Waals surface area (Å²) in [4.78, 5) is 13.8. The fourth-order valence-electron chi connectivity index (χ4n) is 1.72. The van der Waals surface area contributed by atoms with Gasteiger partial charge in [-0.2, -0.15) is 0 Å². The summed E-state index contributed by atoms with van der Waals surface area (Å²) in [5.74, 6) is 1.34. The number of hydrogen-bond acceptors (Lipinski definition) is 5. The lowest BCUT2D eigenvalue weighted by Gasteiger charge is -2.11. The molecule has 0 amide bonds. The lowest BCUT2D eigenvalue weighted by Crippen LogP contribution is -2.36. The minimum absolute atomic E-state index is 0. The molecule has 2 heterocycles. The van der Waals surface area contributed by atoms with Crippen LogP contribution in [-0.2, 0) is 13.1 Å². The molecule has 2 rings (SSSR count). The van der Waals surface area contributed by atoms with Crippen molar-refractivity contribution in [3.63, 3.8) is 0 Å². The van der Waals surface area contributed by atoms with Crippen LogP contribution in [0.2, 0.25) is 0 Å². The molecule has 2 N–H and O–H groups in total. The van der Waals surface area contributed by atoms with Crippen molar-refractivity contribution in [1.29, 1.82) is 0 Å². The van der Waals surface area contributed by atoms with Crippen molar-refractivity contribution in [2.45, 2.75) is 20.0 Å². The number of nitrogens with one attached hydrogen (secondary N) is 2. The highest BCUT2D eigenvalue weighted by Gasteiger charge is 2.02. The fraction of sp³-hybridized carbons (Fsp3) is 0.357. The number of methoxy groups -OCH3 is 1. The van der Waals surface area contributed by atoms with Crippen LogP contribution >= 0.6 is 35.3 Å². The first-order valence-corrected chi connectivity index (χ1v) is 7.37. The molecule has 0 saturated heterocycles. The Morgan fingerprint density at radius 2 is 2.09 bits per heavy atom. The second-order valence-electron chi connectivity index (χ2n) is 4.35. The van der Waals surface area contributed by atoms with Gasteiger partial charge in [0.25, 0.3) is 0 Å². The summed E-state index contributed by atoms with van der Waals surface area (Å²) in [5, 5.41) is 7.53. The largest absolute Gasteiger partial charge is 0.481 e. The summed E-state index contributed by atoms with van der Waals surface area (Å²) in [6.45, 7) is 3.36. The Morgan fingerprint density at radius 3 is 2.73 bits per heavy atom. The Labute approximate surface area is 151 Å². The molecular weight excluding hydrogens is 413 g/mol. The third-order valence-electron chi connectivity index (χ3n) is 2.77. The lowest BCUT2D eigenvalue weighted by atomic mass is 10.2. The average molecular weight is 433 g/mol. The van der Waals surface area contributed by atoms with Gasteiger partial charge in [-0.1, -0.05) is 0 Å². The van der Waals surface area contributed by atoms with Gasteiger partial charge in [-0.05, 0) is 18.6 Å². The maximum absolute atomic E-state index is 5.10. The van der Waals surface area contributed by atoms with Crippen molar-refractivity contribution >= 4 is 41.3 Å². The van der Waals surface area contributed by atoms with Crippen LogP contribution in [0.15, 0.2) is 29.5 Å². The normalized spacial score (nSPS) is 10.8. The Kier molecular flexibility index (Phi) is 8.10. The number of nitrogens with zero attached hydrogens (tertiary/aromatic N) is 3. The highest BCUT2D eigenvalue weighted by atomic mass is 127. The molecule has 6 nitrogen and oxygen atoms in total. The van der Waals surface area contributed by atoms with Crippen molar-refractivity contribution in [3.05, 3.63) is 40.0 Å². The first kappa shape index (κ1) is 18.6. The molecule has 0 atom stereocenters. The van der Waals surface area contributed by atoms with E-state index in [9.17, 15) is 0 Å². The number of hydrogen-bond donors (Lipinski definition) is 2. The molecule has 0 aliphatic heterocycles. The van der Waals surface area contributed by atoms with E-state index in [1.54, 1.807) is 31.7 Å². The Bertz CT molecular complexity index is 617. The first-order chi connectivity index (χ1) is 10.2. The predicted molar refractivity (Wildman–Crippen MR) is 100 cm³/mol. The van der Waals surface area contributed by atoms with Gasteiger partial charge < -0.3 is 15.4 Å². The Morgan fingerprint density at radius 1 is 1.32 bits per heavy atom. The zero-order valence-electron chi connectivity index (χ0n) is 12.8. The van der Waals surface area contributed by atoms with Gasteiger partial charge in [0.1, 0.15) is 5.01 Å². The molecule has 0 bridgehead atoms. The second kappa shape index (κ2) is 9.57. The number of thiazole rings is 1. The number of pyridine rings is 1. The second-order valence-corrected chi connectivity index (χ2v) is 5.67. The molecule has 0 fully saturated rings. The van der Waals surface area contributed by atoms with Gasteiger partial charge in [-0.25, -0.2) is 9.97 Å². The number of halogens is 1. The maximum Gasteiger partial charge on any atom is 0.213 e. The molecule has 8 heteroatoms. The van der Waals surface area contributed by atoms with Crippen molar-refractivity contribution in [3.8, 4) is 5.88 Å². The highest BCUT2D eigenvalue weighted by Crippen LogP contribution is 2.10. The van der Waals surface area contributed by atoms with Crippen molar-refractivity contribution in [1.82, 2.24) is 20.6 Å². The first-order valence-electron chi connectivity index (χ1n) is 6.56. The number of rotatable bonds is 5. The van der Waals surface area contributed by atoms with E-state index >= 15 is 0 Å². The van der Waals surface area contributed by atoms with E-state index in [1.165, 1.54) is 4.88 Å². The number of aliphatic imine (C=N–C) groups is 1. The van der Waals surface area contributed by atoms with Gasteiger partial charge in [-0.3, -0.25) is 4.99 Å². The van der Waals surface area contributed by atoms with Gasteiger partial charge in [0.05, 0.1) is 13.7 Å². The van der Waals surface area contributed by atoms with Crippen LogP contribution in [0.5, 0.6) is 5.88 Å². The van der Waals surface area contributed by atoms with Crippen LogP contribution in [0.4, 0.5) is 0 Å². The number of ether oxygens (including phenoxy) is 1. The summed E-state index contributed by atoms with van der Waals surface area (Å²) in [6.07, 6.45) is 3.60. The zero-order valence-corrected chi connectivity index (χ0v) is 15.9. The van der Waals surface area contributed by atoms with Gasteiger partial charge in [-0.15, -0.1) is 35.3 Å². The Hall–Kier alpha value is -1.42. The molecule has 2 aromatic rings. The van der Waals surface area contributed by atoms with E-state index in [0.717, 1.165) is 16.5 Å². The average Bonchev–Trinajstić information content (AvgIpc) is 2.93. The van der Waals surface area contributed by atoms with Gasteiger partial charge in [0.15, 0.2) is 5.96 Å². The monoisotopic (exact) mass is 433 g/mol. The number of aryl methyl sites for hydroxylation is 1. The van der Waals surface area contributed by atoms with Crippen LogP contribution in [0.3, 0.4) is 0 Å². The molecule has 0 aliphatic carbocycles. The molecule has 0 spiro atoms.